The van der Waals surface area contributed by atoms with E-state index in [-0.39, 0.29) is 12.5 Å². The number of likely N-dealkylation sites (tertiary alicyclic amines) is 1. The van der Waals surface area contributed by atoms with Gasteiger partial charge in [-0.3, -0.25) is 4.68 Å². The molecule has 8 heteroatoms. The molecular formula is C21H30N4O4. The number of amides is 1. The van der Waals surface area contributed by atoms with Crippen LogP contribution in [-0.4, -0.2) is 63.0 Å². The van der Waals surface area contributed by atoms with Crippen molar-refractivity contribution >= 4 is 6.09 Å². The molecule has 1 fully saturated rings. The zero-order valence-corrected chi connectivity index (χ0v) is 17.5. The fraction of sp³-hybridized carbons (Fsp3) is 0.571. The van der Waals surface area contributed by atoms with Gasteiger partial charge in [-0.1, -0.05) is 17.3 Å². The molecular weight excluding hydrogens is 372 g/mol. The molecule has 0 bridgehead atoms. The predicted octanol–water partition coefficient (Wildman–Crippen LogP) is 2.61. The van der Waals surface area contributed by atoms with Gasteiger partial charge in [-0.2, -0.15) is 0 Å². The number of aliphatic hydroxyl groups excluding tert-OH is 1. The number of β-amino-alcohol motifs (C(OH)–C–C–N with tert-alkyl or cyclic N) is 1. The second-order valence-electron chi connectivity index (χ2n) is 8.39. The Morgan fingerprint density at radius 1 is 1.28 bits per heavy atom. The lowest BCUT2D eigenvalue weighted by Crippen LogP contribution is -2.47. The first kappa shape index (κ1) is 21.1. The topological polar surface area (TPSA) is 89.7 Å². The number of rotatable bonds is 5. The Hall–Kier alpha value is -2.61. The lowest BCUT2D eigenvalue weighted by Gasteiger charge is -2.35. The number of piperidine rings is 1. The third-order valence-corrected chi connectivity index (χ3v) is 4.96. The molecule has 0 saturated carbocycles. The van der Waals surface area contributed by atoms with E-state index in [4.69, 9.17) is 9.47 Å². The molecule has 1 aliphatic rings. The van der Waals surface area contributed by atoms with Crippen LogP contribution in [0, 0.1) is 0 Å². The fourth-order valence-corrected chi connectivity index (χ4v) is 3.40. The van der Waals surface area contributed by atoms with E-state index in [1.807, 2.05) is 51.2 Å². The van der Waals surface area contributed by atoms with E-state index >= 15 is 0 Å². The molecule has 3 rings (SSSR count). The molecule has 2 aromatic rings. The van der Waals surface area contributed by atoms with Gasteiger partial charge in [0.25, 0.3) is 0 Å². The van der Waals surface area contributed by atoms with E-state index in [9.17, 15) is 9.90 Å². The molecule has 2 atom stereocenters. The highest BCUT2D eigenvalue weighted by atomic mass is 16.6. The molecule has 1 aromatic heterocycles. The predicted molar refractivity (Wildman–Crippen MR) is 108 cm³/mol. The molecule has 1 aliphatic heterocycles. The fourth-order valence-electron chi connectivity index (χ4n) is 3.40. The number of aliphatic hydroxyl groups is 1. The van der Waals surface area contributed by atoms with Gasteiger partial charge in [-0.25, -0.2) is 4.79 Å². The normalized spacial score (nSPS) is 19.8. The van der Waals surface area contributed by atoms with Gasteiger partial charge in [0, 0.05) is 25.2 Å². The van der Waals surface area contributed by atoms with Gasteiger partial charge in [0.2, 0.25) is 0 Å². The molecule has 1 aromatic carbocycles. The SMILES string of the molecule is COc1ccc(CCn2cc(C3CCN(C(=O)OC(C)(C)C)CC3O)nn2)cc1. The summed E-state index contributed by atoms with van der Waals surface area (Å²) < 4.78 is 12.4. The van der Waals surface area contributed by atoms with Crippen LogP contribution in [0.4, 0.5) is 4.79 Å². The number of hydrogen-bond donors (Lipinski definition) is 1. The summed E-state index contributed by atoms with van der Waals surface area (Å²) in [4.78, 5) is 13.8. The Morgan fingerprint density at radius 3 is 2.62 bits per heavy atom. The van der Waals surface area contributed by atoms with Crippen LogP contribution in [0.5, 0.6) is 5.75 Å². The highest BCUT2D eigenvalue weighted by Crippen LogP contribution is 2.28. The molecule has 29 heavy (non-hydrogen) atoms. The molecule has 1 N–H and O–H groups in total. The van der Waals surface area contributed by atoms with E-state index in [1.54, 1.807) is 16.7 Å². The van der Waals surface area contributed by atoms with Gasteiger partial charge in [0.05, 0.1) is 25.5 Å². The molecule has 1 saturated heterocycles. The second kappa shape index (κ2) is 8.82. The van der Waals surface area contributed by atoms with Crippen molar-refractivity contribution in [2.45, 2.75) is 57.8 Å². The number of benzene rings is 1. The summed E-state index contributed by atoms with van der Waals surface area (Å²) in [5.41, 5.74) is 1.40. The van der Waals surface area contributed by atoms with E-state index in [1.165, 1.54) is 5.56 Å². The quantitative estimate of drug-likeness (QED) is 0.827. The Balaban J connectivity index is 1.54. The van der Waals surface area contributed by atoms with Crippen molar-refractivity contribution in [2.24, 2.45) is 0 Å². The average molecular weight is 402 g/mol. The van der Waals surface area contributed by atoms with E-state index in [0.29, 0.717) is 19.5 Å². The first-order chi connectivity index (χ1) is 13.7. The molecule has 2 heterocycles. The van der Waals surface area contributed by atoms with Crippen LogP contribution >= 0.6 is 0 Å². The van der Waals surface area contributed by atoms with Crippen molar-refractivity contribution in [3.63, 3.8) is 0 Å². The molecule has 158 valence electrons. The summed E-state index contributed by atoms with van der Waals surface area (Å²) in [6.45, 7) is 6.95. The summed E-state index contributed by atoms with van der Waals surface area (Å²) in [6, 6.07) is 7.95. The zero-order chi connectivity index (χ0) is 21.0. The summed E-state index contributed by atoms with van der Waals surface area (Å²) in [5, 5.41) is 19.0. The minimum atomic E-state index is -0.692. The number of hydrogen-bond acceptors (Lipinski definition) is 6. The van der Waals surface area contributed by atoms with Gasteiger partial charge in [0.15, 0.2) is 0 Å². The van der Waals surface area contributed by atoms with Crippen LogP contribution in [0.1, 0.15) is 44.4 Å². The van der Waals surface area contributed by atoms with Crippen LogP contribution in [0.15, 0.2) is 30.5 Å². The third-order valence-electron chi connectivity index (χ3n) is 4.96. The van der Waals surface area contributed by atoms with Crippen molar-refractivity contribution in [1.82, 2.24) is 19.9 Å². The van der Waals surface area contributed by atoms with E-state index in [0.717, 1.165) is 17.9 Å². The summed E-state index contributed by atoms with van der Waals surface area (Å²) in [7, 11) is 1.65. The molecule has 0 aliphatic carbocycles. The summed E-state index contributed by atoms with van der Waals surface area (Å²) >= 11 is 0. The molecule has 1 amide bonds. The van der Waals surface area contributed by atoms with Gasteiger partial charge in [0.1, 0.15) is 11.4 Å². The lowest BCUT2D eigenvalue weighted by atomic mass is 9.91. The second-order valence-corrected chi connectivity index (χ2v) is 8.39. The van der Waals surface area contributed by atoms with E-state index in [2.05, 4.69) is 10.3 Å². The monoisotopic (exact) mass is 402 g/mol. The highest BCUT2D eigenvalue weighted by molar-refractivity contribution is 5.68. The van der Waals surface area contributed by atoms with Crippen molar-refractivity contribution < 1.29 is 19.4 Å². The van der Waals surface area contributed by atoms with Crippen molar-refractivity contribution in [3.05, 3.63) is 41.7 Å². The van der Waals surface area contributed by atoms with Crippen LogP contribution in [0.25, 0.3) is 0 Å². The van der Waals surface area contributed by atoms with E-state index < -0.39 is 17.8 Å². The van der Waals surface area contributed by atoms with Crippen LogP contribution in [0.3, 0.4) is 0 Å². The molecule has 0 radical (unpaired) electrons. The summed E-state index contributed by atoms with van der Waals surface area (Å²) in [6.07, 6.45) is 2.26. The van der Waals surface area contributed by atoms with Gasteiger partial charge < -0.3 is 19.5 Å². The molecule has 2 unspecified atom stereocenters. The Labute approximate surface area is 171 Å². The number of ether oxygens (including phenoxy) is 2. The van der Waals surface area contributed by atoms with Crippen molar-refractivity contribution in [2.75, 3.05) is 20.2 Å². The maximum atomic E-state index is 12.2. The van der Waals surface area contributed by atoms with Crippen LogP contribution in [0.2, 0.25) is 0 Å². The van der Waals surface area contributed by atoms with Gasteiger partial charge >= 0.3 is 6.09 Å². The average Bonchev–Trinajstić information content (AvgIpc) is 3.14. The van der Waals surface area contributed by atoms with Crippen LogP contribution in [-0.2, 0) is 17.7 Å². The standard InChI is InChI=1S/C21H30N4O4/c1-21(2,3)29-20(27)24-11-10-17(19(26)14-24)18-13-25(23-22-18)12-9-15-5-7-16(28-4)8-6-15/h5-8,13,17,19,26H,9-12,14H2,1-4H3. The number of carbonyl (C=O) groups excluding carboxylic acids is 1. The minimum absolute atomic E-state index is 0.136. The maximum absolute atomic E-state index is 12.2. The maximum Gasteiger partial charge on any atom is 0.410 e. The summed E-state index contributed by atoms with van der Waals surface area (Å²) in [5.74, 6) is 0.701. The number of aryl methyl sites for hydroxylation is 2. The van der Waals surface area contributed by atoms with Crippen molar-refractivity contribution in [1.29, 1.82) is 0 Å². The number of aromatic nitrogens is 3. The van der Waals surface area contributed by atoms with Gasteiger partial charge in [-0.05, 0) is 51.3 Å². The molecule has 8 nitrogen and oxygen atoms in total. The molecule has 0 spiro atoms. The number of methoxy groups -OCH3 is 1. The van der Waals surface area contributed by atoms with Gasteiger partial charge in [-0.15, -0.1) is 5.10 Å². The zero-order valence-electron chi connectivity index (χ0n) is 17.5. The first-order valence-corrected chi connectivity index (χ1v) is 9.94. The Kier molecular flexibility index (Phi) is 6.42. The minimum Gasteiger partial charge on any atom is -0.497 e. The van der Waals surface area contributed by atoms with Crippen molar-refractivity contribution in [3.8, 4) is 5.75 Å². The smallest absolute Gasteiger partial charge is 0.410 e. The Morgan fingerprint density at radius 2 is 2.00 bits per heavy atom. The Bertz CT molecular complexity index is 813. The van der Waals surface area contributed by atoms with Crippen LogP contribution < -0.4 is 4.74 Å². The first-order valence-electron chi connectivity index (χ1n) is 9.94. The number of carbonyl (C=O) groups is 1. The third kappa shape index (κ3) is 5.69. The largest absolute Gasteiger partial charge is 0.497 e. The number of nitrogens with zero attached hydrogens (tertiary/aromatic N) is 4. The lowest BCUT2D eigenvalue weighted by molar-refractivity contribution is -0.00191. The highest BCUT2D eigenvalue weighted by Gasteiger charge is 2.34.